The molecular formula is C25H24N4O6S2. The Hall–Kier alpha value is -3.51. The van der Waals surface area contributed by atoms with E-state index in [0.29, 0.717) is 39.3 Å². The highest BCUT2D eigenvalue weighted by atomic mass is 32.2. The number of ether oxygens (including phenoxy) is 3. The molecule has 0 amide bonds. The van der Waals surface area contributed by atoms with Crippen LogP contribution in [0.5, 0.6) is 11.5 Å². The highest BCUT2D eigenvalue weighted by Crippen LogP contribution is 2.42. The van der Waals surface area contributed by atoms with Crippen LogP contribution in [0.15, 0.2) is 46.7 Å². The van der Waals surface area contributed by atoms with Gasteiger partial charge in [-0.2, -0.15) is 0 Å². The van der Waals surface area contributed by atoms with Crippen molar-refractivity contribution in [1.82, 2.24) is 19.9 Å². The minimum atomic E-state index is -1.66. The normalized spacial score (nSPS) is 19.5. The number of esters is 1. The lowest BCUT2D eigenvalue weighted by molar-refractivity contribution is -0.157. The van der Waals surface area contributed by atoms with Crippen molar-refractivity contribution in [3.63, 3.8) is 0 Å². The van der Waals surface area contributed by atoms with E-state index in [9.17, 15) is 14.4 Å². The highest BCUT2D eigenvalue weighted by Gasteiger charge is 2.60. The molecule has 4 aromatic rings. The predicted molar refractivity (Wildman–Crippen MR) is 139 cm³/mol. The van der Waals surface area contributed by atoms with Crippen LogP contribution < -0.4 is 9.47 Å². The smallest absolute Gasteiger partial charge is 0.377 e. The van der Waals surface area contributed by atoms with E-state index >= 15 is 0 Å². The highest BCUT2D eigenvalue weighted by molar-refractivity contribution is 8.01. The quantitative estimate of drug-likeness (QED) is 0.173. The SMILES string of the molecule is CCCC(=O)C1(CSc2nc3ccc(OC)cc3[nH]2)OC(=O)C(=O)C1Sc1nc2ccc(OC)cc2[nH]1. The van der Waals surface area contributed by atoms with Gasteiger partial charge in [-0.05, 0) is 30.7 Å². The molecule has 1 aliphatic rings. The first kappa shape index (κ1) is 25.2. The average Bonchev–Trinajstić information content (AvgIpc) is 3.57. The van der Waals surface area contributed by atoms with Gasteiger partial charge >= 0.3 is 5.97 Å². The Morgan fingerprint density at radius 2 is 1.59 bits per heavy atom. The van der Waals surface area contributed by atoms with E-state index in [1.54, 1.807) is 38.5 Å². The topological polar surface area (TPSA) is 136 Å². The van der Waals surface area contributed by atoms with Gasteiger partial charge < -0.3 is 24.2 Å². The first-order chi connectivity index (χ1) is 17.9. The van der Waals surface area contributed by atoms with Crippen LogP contribution in [0.4, 0.5) is 0 Å². The monoisotopic (exact) mass is 540 g/mol. The summed E-state index contributed by atoms with van der Waals surface area (Å²) >= 11 is 2.24. The van der Waals surface area contributed by atoms with Crippen LogP contribution in [0.3, 0.4) is 0 Å². The molecule has 192 valence electrons. The molecular weight excluding hydrogens is 516 g/mol. The molecule has 1 saturated heterocycles. The summed E-state index contributed by atoms with van der Waals surface area (Å²) in [4.78, 5) is 54.4. The number of aromatic nitrogens is 4. The van der Waals surface area contributed by atoms with Gasteiger partial charge in [0.2, 0.25) is 0 Å². The number of carbonyl (C=O) groups is 3. The maximum absolute atomic E-state index is 13.4. The molecule has 0 aliphatic carbocycles. The van der Waals surface area contributed by atoms with Crippen LogP contribution in [-0.2, 0) is 19.1 Å². The summed E-state index contributed by atoms with van der Waals surface area (Å²) in [6.45, 7) is 1.86. The van der Waals surface area contributed by atoms with Crippen LogP contribution >= 0.6 is 23.5 Å². The van der Waals surface area contributed by atoms with E-state index in [4.69, 9.17) is 14.2 Å². The van der Waals surface area contributed by atoms with Gasteiger partial charge in [0.05, 0.1) is 42.0 Å². The molecule has 0 radical (unpaired) electrons. The zero-order valence-electron chi connectivity index (χ0n) is 20.3. The summed E-state index contributed by atoms with van der Waals surface area (Å²) in [6, 6.07) is 10.8. The molecule has 0 saturated carbocycles. The number of ketones is 2. The van der Waals surface area contributed by atoms with Gasteiger partial charge in [-0.3, -0.25) is 9.59 Å². The fourth-order valence-corrected chi connectivity index (χ4v) is 6.55. The Labute approximate surface area is 220 Å². The van der Waals surface area contributed by atoms with Crippen molar-refractivity contribution in [3.05, 3.63) is 36.4 Å². The molecule has 10 nitrogen and oxygen atoms in total. The molecule has 12 heteroatoms. The summed E-state index contributed by atoms with van der Waals surface area (Å²) in [5, 5.41) is -0.171. The summed E-state index contributed by atoms with van der Waals surface area (Å²) in [7, 11) is 3.15. The summed E-state index contributed by atoms with van der Waals surface area (Å²) in [5.74, 6) is -0.744. The van der Waals surface area contributed by atoms with Crippen molar-refractivity contribution in [2.75, 3.05) is 20.0 Å². The molecule has 2 unspecified atom stereocenters. The van der Waals surface area contributed by atoms with Crippen LogP contribution in [0.1, 0.15) is 19.8 Å². The molecule has 5 rings (SSSR count). The van der Waals surface area contributed by atoms with Gasteiger partial charge in [-0.15, -0.1) is 0 Å². The molecule has 0 bridgehead atoms. The maximum Gasteiger partial charge on any atom is 0.377 e. The summed E-state index contributed by atoms with van der Waals surface area (Å²) in [5.41, 5.74) is 1.20. The Morgan fingerprint density at radius 1 is 1.00 bits per heavy atom. The van der Waals surface area contributed by atoms with Crippen LogP contribution in [0.2, 0.25) is 0 Å². The van der Waals surface area contributed by atoms with Gasteiger partial charge in [-0.1, -0.05) is 30.4 Å². The zero-order valence-corrected chi connectivity index (χ0v) is 22.0. The second-order valence-corrected chi connectivity index (χ2v) is 10.5. The number of methoxy groups -OCH3 is 2. The molecule has 1 fully saturated rings. The van der Waals surface area contributed by atoms with Crippen molar-refractivity contribution < 1.29 is 28.6 Å². The van der Waals surface area contributed by atoms with Crippen molar-refractivity contribution >= 4 is 63.1 Å². The molecule has 2 atom stereocenters. The molecule has 37 heavy (non-hydrogen) atoms. The number of carbonyl (C=O) groups excluding carboxylic acids is 3. The first-order valence-corrected chi connectivity index (χ1v) is 13.4. The minimum Gasteiger partial charge on any atom is -0.497 e. The fraction of sp³-hybridized carbons (Fsp3) is 0.320. The number of nitrogens with zero attached hydrogens (tertiary/aromatic N) is 2. The Morgan fingerprint density at radius 3 is 2.19 bits per heavy atom. The van der Waals surface area contributed by atoms with E-state index < -0.39 is 22.6 Å². The molecule has 0 spiro atoms. The van der Waals surface area contributed by atoms with Gasteiger partial charge in [0.1, 0.15) is 16.7 Å². The van der Waals surface area contributed by atoms with Gasteiger partial charge in [0, 0.05) is 18.6 Å². The maximum atomic E-state index is 13.4. The van der Waals surface area contributed by atoms with Crippen LogP contribution in [0.25, 0.3) is 22.1 Å². The number of cyclic esters (lactones) is 1. The number of benzene rings is 2. The van der Waals surface area contributed by atoms with E-state index in [0.717, 1.165) is 22.8 Å². The molecule has 3 heterocycles. The number of thioether (sulfide) groups is 2. The van der Waals surface area contributed by atoms with Gasteiger partial charge in [0.25, 0.3) is 5.78 Å². The number of Topliss-reactive ketones (excluding diaryl/α,β-unsaturated/α-hetero) is 2. The average molecular weight is 541 g/mol. The number of rotatable bonds is 10. The lowest BCUT2D eigenvalue weighted by Crippen LogP contribution is -2.49. The third-order valence-corrected chi connectivity index (χ3v) is 8.36. The first-order valence-electron chi connectivity index (χ1n) is 11.5. The fourth-order valence-electron chi connectivity index (χ4n) is 4.16. The van der Waals surface area contributed by atoms with Crippen LogP contribution in [-0.4, -0.2) is 68.3 Å². The number of hydrogen-bond acceptors (Lipinski definition) is 10. The third kappa shape index (κ3) is 4.66. The number of imidazole rings is 2. The number of fused-ring (bicyclic) bond motifs is 2. The van der Waals surface area contributed by atoms with Gasteiger partial charge in [0.15, 0.2) is 21.7 Å². The number of nitrogens with one attached hydrogen (secondary N) is 2. The Kier molecular flexibility index (Phi) is 6.86. The second kappa shape index (κ2) is 10.1. The van der Waals surface area contributed by atoms with Crippen molar-refractivity contribution in [2.45, 2.75) is 40.9 Å². The van der Waals surface area contributed by atoms with Crippen molar-refractivity contribution in [1.29, 1.82) is 0 Å². The van der Waals surface area contributed by atoms with E-state index in [1.165, 1.54) is 11.8 Å². The largest absolute Gasteiger partial charge is 0.497 e. The molecule has 1 aliphatic heterocycles. The van der Waals surface area contributed by atoms with E-state index in [2.05, 4.69) is 19.9 Å². The van der Waals surface area contributed by atoms with Gasteiger partial charge in [-0.25, -0.2) is 14.8 Å². The molecule has 2 aromatic carbocycles. The molecule has 2 N–H and O–H groups in total. The third-order valence-electron chi connectivity index (χ3n) is 6.07. The number of hydrogen-bond donors (Lipinski definition) is 2. The lowest BCUT2D eigenvalue weighted by atomic mass is 9.93. The standard InChI is InChI=1S/C25H24N4O6S2/c1-4-5-19(30)25(12-36-23-26-15-8-6-13(33-2)10-17(15)28-23)21(20(31)22(32)35-25)37-24-27-16-9-7-14(34-3)11-18(16)29-24/h6-11,21H,4-5,12H2,1-3H3,(H,26,28)(H,27,29). The zero-order chi connectivity index (χ0) is 26.2. The molecule has 2 aromatic heterocycles. The van der Waals surface area contributed by atoms with E-state index in [-0.39, 0.29) is 18.0 Å². The lowest BCUT2D eigenvalue weighted by Gasteiger charge is -2.29. The summed E-state index contributed by atoms with van der Waals surface area (Å²) in [6.07, 6.45) is 0.704. The van der Waals surface area contributed by atoms with Crippen molar-refractivity contribution in [2.24, 2.45) is 0 Å². The van der Waals surface area contributed by atoms with Crippen molar-refractivity contribution in [3.8, 4) is 11.5 Å². The number of H-pyrrole nitrogens is 2. The summed E-state index contributed by atoms with van der Waals surface area (Å²) < 4.78 is 16.1. The van der Waals surface area contributed by atoms with Crippen LogP contribution in [0, 0.1) is 0 Å². The predicted octanol–water partition coefficient (Wildman–Crippen LogP) is 3.94. The van der Waals surface area contributed by atoms with E-state index in [1.807, 2.05) is 19.1 Å². The number of aromatic amines is 2. The second-order valence-electron chi connectivity index (χ2n) is 8.45. The Balaban J connectivity index is 1.46. The minimum absolute atomic E-state index is 0.0198. The Bertz CT molecular complexity index is 1520.